The fraction of sp³-hybridized carbons (Fsp3) is 0.643. The van der Waals surface area contributed by atoms with Gasteiger partial charge in [-0.1, -0.05) is 0 Å². The summed E-state index contributed by atoms with van der Waals surface area (Å²) in [4.78, 5) is 20.0. The van der Waals surface area contributed by atoms with Crippen LogP contribution in [0.15, 0.2) is 6.20 Å². The highest BCUT2D eigenvalue weighted by Gasteiger charge is 2.20. The standard InChI is InChI=1S/C14H21N3O3/c1-3-20-13(18)12-8-16-14(17-10(12)2)15-6-7-19-9-11-4-5-11/h8,11H,3-7,9H2,1-2H3,(H,15,16,17). The first-order valence-corrected chi connectivity index (χ1v) is 7.03. The summed E-state index contributed by atoms with van der Waals surface area (Å²) in [5.74, 6) is 0.896. The molecule has 6 heteroatoms. The molecule has 0 aromatic carbocycles. The minimum atomic E-state index is -0.385. The maximum Gasteiger partial charge on any atom is 0.341 e. The molecule has 1 N–H and O–H groups in total. The van der Waals surface area contributed by atoms with E-state index < -0.39 is 0 Å². The van der Waals surface area contributed by atoms with Gasteiger partial charge in [-0.3, -0.25) is 0 Å². The van der Waals surface area contributed by atoms with E-state index >= 15 is 0 Å². The number of nitrogens with one attached hydrogen (secondary N) is 1. The summed E-state index contributed by atoms with van der Waals surface area (Å²) in [6, 6.07) is 0. The van der Waals surface area contributed by atoms with Gasteiger partial charge in [0.15, 0.2) is 0 Å². The first-order chi connectivity index (χ1) is 9.70. The van der Waals surface area contributed by atoms with Crippen LogP contribution >= 0.6 is 0 Å². The van der Waals surface area contributed by atoms with Crippen LogP contribution < -0.4 is 5.32 Å². The second kappa shape index (κ2) is 7.19. The van der Waals surface area contributed by atoms with E-state index in [1.165, 1.54) is 19.0 Å². The minimum absolute atomic E-state index is 0.344. The zero-order valence-corrected chi connectivity index (χ0v) is 12.0. The van der Waals surface area contributed by atoms with Crippen molar-refractivity contribution in [3.63, 3.8) is 0 Å². The van der Waals surface area contributed by atoms with Crippen LogP contribution in [0, 0.1) is 12.8 Å². The summed E-state index contributed by atoms with van der Waals surface area (Å²) in [5.41, 5.74) is 1.02. The number of aryl methyl sites for hydroxylation is 1. The van der Waals surface area contributed by atoms with Crippen molar-refractivity contribution in [1.82, 2.24) is 9.97 Å². The molecule has 110 valence electrons. The molecular weight excluding hydrogens is 258 g/mol. The second-order valence-corrected chi connectivity index (χ2v) is 4.86. The molecule has 20 heavy (non-hydrogen) atoms. The maximum atomic E-state index is 11.6. The molecule has 1 aromatic rings. The molecule has 1 aromatic heterocycles. The third-order valence-electron chi connectivity index (χ3n) is 3.05. The summed E-state index contributed by atoms with van der Waals surface area (Å²) in [6.45, 7) is 6.03. The molecule has 1 aliphatic carbocycles. The molecule has 2 rings (SSSR count). The van der Waals surface area contributed by atoms with Gasteiger partial charge < -0.3 is 14.8 Å². The van der Waals surface area contributed by atoms with Gasteiger partial charge in [0.25, 0.3) is 0 Å². The van der Waals surface area contributed by atoms with Crippen LogP contribution in [-0.4, -0.2) is 42.3 Å². The highest BCUT2D eigenvalue weighted by atomic mass is 16.5. The van der Waals surface area contributed by atoms with Crippen molar-refractivity contribution in [3.05, 3.63) is 17.5 Å². The van der Waals surface area contributed by atoms with Crippen LogP contribution in [0.3, 0.4) is 0 Å². The summed E-state index contributed by atoms with van der Waals surface area (Å²) < 4.78 is 10.4. The Hall–Kier alpha value is -1.69. The van der Waals surface area contributed by atoms with Crippen LogP contribution in [-0.2, 0) is 9.47 Å². The number of hydrogen-bond acceptors (Lipinski definition) is 6. The van der Waals surface area contributed by atoms with E-state index in [2.05, 4.69) is 15.3 Å². The first kappa shape index (κ1) is 14.7. The van der Waals surface area contributed by atoms with Gasteiger partial charge in [0, 0.05) is 19.3 Å². The SMILES string of the molecule is CCOC(=O)c1cnc(NCCOCC2CC2)nc1C. The van der Waals surface area contributed by atoms with Gasteiger partial charge in [-0.2, -0.15) is 0 Å². The minimum Gasteiger partial charge on any atom is -0.462 e. The van der Waals surface area contributed by atoms with E-state index in [1.807, 2.05) is 0 Å². The molecule has 0 radical (unpaired) electrons. The number of nitrogens with zero attached hydrogens (tertiary/aromatic N) is 2. The lowest BCUT2D eigenvalue weighted by atomic mass is 10.2. The quantitative estimate of drug-likeness (QED) is 0.578. The molecule has 0 unspecified atom stereocenters. The molecule has 0 aliphatic heterocycles. The number of anilines is 1. The Morgan fingerprint density at radius 3 is 2.95 bits per heavy atom. The molecule has 1 fully saturated rings. The summed E-state index contributed by atoms with van der Waals surface area (Å²) in [5, 5.41) is 3.08. The molecule has 0 amide bonds. The van der Waals surface area contributed by atoms with Gasteiger partial charge in [0.05, 0.1) is 24.5 Å². The maximum absolute atomic E-state index is 11.6. The van der Waals surface area contributed by atoms with Crippen molar-refractivity contribution < 1.29 is 14.3 Å². The number of rotatable bonds is 8. The Balaban J connectivity index is 1.77. The van der Waals surface area contributed by atoms with Crippen molar-refractivity contribution in [3.8, 4) is 0 Å². The molecule has 1 saturated carbocycles. The average Bonchev–Trinajstić information content (AvgIpc) is 3.23. The fourth-order valence-corrected chi connectivity index (χ4v) is 1.73. The van der Waals surface area contributed by atoms with Gasteiger partial charge in [-0.25, -0.2) is 14.8 Å². The Kier molecular flexibility index (Phi) is 5.29. The number of carbonyl (C=O) groups excluding carboxylic acids is 1. The molecule has 0 bridgehead atoms. The topological polar surface area (TPSA) is 73.3 Å². The van der Waals surface area contributed by atoms with Gasteiger partial charge in [0.1, 0.15) is 0 Å². The molecule has 6 nitrogen and oxygen atoms in total. The van der Waals surface area contributed by atoms with E-state index in [0.29, 0.717) is 37.0 Å². The molecular formula is C14H21N3O3. The molecule has 0 atom stereocenters. The van der Waals surface area contributed by atoms with Gasteiger partial charge >= 0.3 is 5.97 Å². The van der Waals surface area contributed by atoms with Crippen molar-refractivity contribution in [1.29, 1.82) is 0 Å². The number of ether oxygens (including phenoxy) is 2. The van der Waals surface area contributed by atoms with E-state index in [9.17, 15) is 4.79 Å². The van der Waals surface area contributed by atoms with Crippen molar-refractivity contribution >= 4 is 11.9 Å². The van der Waals surface area contributed by atoms with E-state index in [1.54, 1.807) is 13.8 Å². The van der Waals surface area contributed by atoms with Crippen LogP contribution in [0.2, 0.25) is 0 Å². The van der Waals surface area contributed by atoms with E-state index in [-0.39, 0.29) is 5.97 Å². The van der Waals surface area contributed by atoms with Gasteiger partial charge in [0.2, 0.25) is 5.95 Å². The highest BCUT2D eigenvalue weighted by Crippen LogP contribution is 2.28. The van der Waals surface area contributed by atoms with Gasteiger partial charge in [-0.15, -0.1) is 0 Å². The average molecular weight is 279 g/mol. The van der Waals surface area contributed by atoms with Crippen LogP contribution in [0.1, 0.15) is 35.8 Å². The number of carbonyl (C=O) groups is 1. The largest absolute Gasteiger partial charge is 0.462 e. The molecule has 0 spiro atoms. The number of hydrogen-bond donors (Lipinski definition) is 1. The summed E-state index contributed by atoms with van der Waals surface area (Å²) >= 11 is 0. The Bertz CT molecular complexity index is 461. The first-order valence-electron chi connectivity index (χ1n) is 7.03. The Labute approximate surface area is 118 Å². The molecule has 1 heterocycles. The smallest absolute Gasteiger partial charge is 0.341 e. The Morgan fingerprint density at radius 1 is 1.50 bits per heavy atom. The lowest BCUT2D eigenvalue weighted by Gasteiger charge is -2.08. The lowest BCUT2D eigenvalue weighted by Crippen LogP contribution is -2.14. The van der Waals surface area contributed by atoms with E-state index in [0.717, 1.165) is 12.5 Å². The van der Waals surface area contributed by atoms with Crippen molar-refractivity contribution in [2.75, 3.05) is 31.7 Å². The normalized spacial score (nSPS) is 14.1. The summed E-state index contributed by atoms with van der Waals surface area (Å²) in [6.07, 6.45) is 4.09. The van der Waals surface area contributed by atoms with Crippen LogP contribution in [0.4, 0.5) is 5.95 Å². The fourth-order valence-electron chi connectivity index (χ4n) is 1.73. The molecule has 1 aliphatic rings. The van der Waals surface area contributed by atoms with Crippen LogP contribution in [0.25, 0.3) is 0 Å². The third kappa shape index (κ3) is 4.45. The van der Waals surface area contributed by atoms with E-state index in [4.69, 9.17) is 9.47 Å². The van der Waals surface area contributed by atoms with Crippen molar-refractivity contribution in [2.24, 2.45) is 5.92 Å². The third-order valence-corrected chi connectivity index (χ3v) is 3.05. The highest BCUT2D eigenvalue weighted by molar-refractivity contribution is 5.90. The predicted molar refractivity (Wildman–Crippen MR) is 74.8 cm³/mol. The number of aromatic nitrogens is 2. The lowest BCUT2D eigenvalue weighted by molar-refractivity contribution is 0.0524. The predicted octanol–water partition coefficient (Wildman–Crippen LogP) is 1.80. The summed E-state index contributed by atoms with van der Waals surface area (Å²) in [7, 11) is 0. The molecule has 0 saturated heterocycles. The zero-order valence-electron chi connectivity index (χ0n) is 12.0. The monoisotopic (exact) mass is 279 g/mol. The Morgan fingerprint density at radius 2 is 2.30 bits per heavy atom. The van der Waals surface area contributed by atoms with Crippen molar-refractivity contribution in [2.45, 2.75) is 26.7 Å². The zero-order chi connectivity index (χ0) is 14.4. The van der Waals surface area contributed by atoms with Crippen LogP contribution in [0.5, 0.6) is 0 Å². The number of esters is 1. The van der Waals surface area contributed by atoms with Gasteiger partial charge in [-0.05, 0) is 32.6 Å². The second-order valence-electron chi connectivity index (χ2n) is 4.86.